The van der Waals surface area contributed by atoms with Crippen LogP contribution in [0.1, 0.15) is 0 Å². The second-order valence-corrected chi connectivity index (χ2v) is 5.95. The molecule has 8 heteroatoms. The average Bonchev–Trinajstić information content (AvgIpc) is 2.69. The summed E-state index contributed by atoms with van der Waals surface area (Å²) in [4.78, 5) is 10.3. The fourth-order valence-corrected chi connectivity index (χ4v) is 1.97. The third-order valence-corrected chi connectivity index (χ3v) is 3.46. The minimum absolute atomic E-state index is 0.0378. The van der Waals surface area contributed by atoms with Crippen molar-refractivity contribution >= 4 is 5.97 Å². The number of carbonyl (C=O) groups is 1. The molecule has 0 bridgehead atoms. The summed E-state index contributed by atoms with van der Waals surface area (Å²) in [6, 6.07) is 5.51. The quantitative estimate of drug-likeness (QED) is 0.312. The number of aliphatic hydroxyl groups excluding tert-OH is 3. The van der Waals surface area contributed by atoms with Gasteiger partial charge in [-0.1, -0.05) is 48.6 Å². The fraction of sp³-hybridized carbons (Fsp3) is 0.286. The lowest BCUT2D eigenvalue weighted by Crippen LogP contribution is -2.37. The van der Waals surface area contributed by atoms with E-state index in [0.717, 1.165) is 0 Å². The zero-order valence-electron chi connectivity index (χ0n) is 15.8. The number of benzene rings is 1. The van der Waals surface area contributed by atoms with Crippen LogP contribution in [0.15, 0.2) is 72.9 Å². The topological polar surface area (TPSA) is 119 Å². The highest BCUT2D eigenvalue weighted by Gasteiger charge is 2.12. The van der Waals surface area contributed by atoms with E-state index in [1.807, 2.05) is 0 Å². The number of hydrogen-bond acceptors (Lipinski definition) is 6. The number of rotatable bonds is 13. The zero-order valence-corrected chi connectivity index (χ0v) is 15.8. The van der Waals surface area contributed by atoms with Crippen molar-refractivity contribution in [3.63, 3.8) is 0 Å². The lowest BCUT2D eigenvalue weighted by Gasteiger charge is -2.14. The minimum atomic E-state index is -1.12. The molecule has 0 heterocycles. The van der Waals surface area contributed by atoms with Crippen LogP contribution in [0.2, 0.25) is 0 Å². The Hall–Kier alpha value is -2.78. The Morgan fingerprint density at radius 1 is 1.00 bits per heavy atom. The van der Waals surface area contributed by atoms with Crippen LogP contribution in [0.4, 0.5) is 4.39 Å². The van der Waals surface area contributed by atoms with Crippen molar-refractivity contribution in [2.75, 3.05) is 19.7 Å². The van der Waals surface area contributed by atoms with Crippen molar-refractivity contribution in [2.45, 2.75) is 18.3 Å². The molecule has 0 unspecified atom stereocenters. The number of carboxylic acid groups (broad SMARTS) is 1. The molecule has 0 aliphatic carbocycles. The van der Waals surface area contributed by atoms with Crippen LogP contribution in [0.25, 0.3) is 0 Å². The van der Waals surface area contributed by atoms with Crippen LogP contribution in [0.5, 0.6) is 5.75 Å². The summed E-state index contributed by atoms with van der Waals surface area (Å²) < 4.78 is 18.1. The lowest BCUT2D eigenvalue weighted by atomic mass is 10.2. The smallest absolute Gasteiger partial charge is 0.317 e. The number of carboxylic acids is 1. The van der Waals surface area contributed by atoms with Gasteiger partial charge in [0.1, 0.15) is 24.3 Å². The van der Waals surface area contributed by atoms with E-state index in [1.165, 1.54) is 36.4 Å². The molecule has 0 saturated heterocycles. The third kappa shape index (κ3) is 12.3. The molecule has 1 aromatic carbocycles. The Kier molecular flexibility index (Phi) is 11.9. The van der Waals surface area contributed by atoms with E-state index in [2.05, 4.69) is 5.32 Å². The Labute approximate surface area is 168 Å². The Morgan fingerprint density at radius 3 is 2.21 bits per heavy atom. The highest BCUT2D eigenvalue weighted by molar-refractivity contribution is 5.68. The molecule has 29 heavy (non-hydrogen) atoms. The molecule has 5 N–H and O–H groups in total. The average molecular weight is 407 g/mol. The van der Waals surface area contributed by atoms with Gasteiger partial charge in [-0.2, -0.15) is 0 Å². The van der Waals surface area contributed by atoms with Crippen LogP contribution in [-0.2, 0) is 4.79 Å². The first kappa shape index (κ1) is 24.3. The number of allylic oxidation sites excluding steroid dienone is 6. The first-order valence-corrected chi connectivity index (χ1v) is 8.92. The van der Waals surface area contributed by atoms with Crippen molar-refractivity contribution in [3.8, 4) is 5.75 Å². The third-order valence-electron chi connectivity index (χ3n) is 3.46. The molecule has 3 atom stereocenters. The molecule has 0 aliphatic heterocycles. The SMILES string of the molecule is O=C(O)CNC[C@H](O)[C@H](O)/C=C/C=C/C=C\C=C\[C@H](O)COc1ccc(F)cc1. The number of aliphatic carboxylic acids is 1. The van der Waals surface area contributed by atoms with Gasteiger partial charge in [-0.25, -0.2) is 4.39 Å². The van der Waals surface area contributed by atoms with E-state index in [1.54, 1.807) is 36.5 Å². The van der Waals surface area contributed by atoms with Crippen LogP contribution >= 0.6 is 0 Å². The van der Waals surface area contributed by atoms with Gasteiger partial charge < -0.3 is 30.5 Å². The van der Waals surface area contributed by atoms with Gasteiger partial charge in [0.25, 0.3) is 0 Å². The molecule has 0 fully saturated rings. The molecular formula is C21H26FNO6. The van der Waals surface area contributed by atoms with Gasteiger partial charge in [0.05, 0.1) is 18.8 Å². The van der Waals surface area contributed by atoms with Crippen molar-refractivity contribution in [3.05, 3.63) is 78.7 Å². The van der Waals surface area contributed by atoms with Crippen LogP contribution < -0.4 is 10.1 Å². The highest BCUT2D eigenvalue weighted by atomic mass is 19.1. The van der Waals surface area contributed by atoms with Gasteiger partial charge in [0, 0.05) is 6.54 Å². The number of halogens is 1. The van der Waals surface area contributed by atoms with E-state index >= 15 is 0 Å². The second kappa shape index (κ2) is 14.3. The summed E-state index contributed by atoms with van der Waals surface area (Å²) in [7, 11) is 0. The van der Waals surface area contributed by atoms with Gasteiger partial charge >= 0.3 is 5.97 Å². The van der Waals surface area contributed by atoms with Gasteiger partial charge in [-0.15, -0.1) is 0 Å². The van der Waals surface area contributed by atoms with E-state index < -0.39 is 24.3 Å². The molecule has 158 valence electrons. The van der Waals surface area contributed by atoms with Crippen molar-refractivity contribution in [1.82, 2.24) is 5.32 Å². The fourth-order valence-electron chi connectivity index (χ4n) is 1.97. The molecule has 7 nitrogen and oxygen atoms in total. The number of aliphatic hydroxyl groups is 3. The van der Waals surface area contributed by atoms with Gasteiger partial charge in [-0.3, -0.25) is 4.79 Å². The largest absolute Gasteiger partial charge is 0.491 e. The van der Waals surface area contributed by atoms with Crippen LogP contribution in [0, 0.1) is 5.82 Å². The van der Waals surface area contributed by atoms with Crippen molar-refractivity contribution in [1.29, 1.82) is 0 Å². The number of ether oxygens (including phenoxy) is 1. The first-order valence-electron chi connectivity index (χ1n) is 8.92. The zero-order chi connectivity index (χ0) is 21.5. The lowest BCUT2D eigenvalue weighted by molar-refractivity contribution is -0.136. The van der Waals surface area contributed by atoms with E-state index in [4.69, 9.17) is 9.84 Å². The maximum absolute atomic E-state index is 12.8. The van der Waals surface area contributed by atoms with Crippen LogP contribution in [0.3, 0.4) is 0 Å². The second-order valence-electron chi connectivity index (χ2n) is 5.95. The van der Waals surface area contributed by atoms with Crippen LogP contribution in [-0.4, -0.2) is 64.4 Å². The monoisotopic (exact) mass is 407 g/mol. The standard InChI is InChI=1S/C21H26FNO6/c22-16-9-11-18(12-10-16)29-15-17(24)7-5-3-1-2-4-6-8-19(25)20(26)13-23-14-21(27)28/h1-12,17,19-20,23-26H,13-15H2,(H,27,28)/b3-1-,4-2+,7-5+,8-6+/t17-,19+,20-/m0/s1. The van der Waals surface area contributed by atoms with E-state index in [-0.39, 0.29) is 25.5 Å². The molecule has 0 saturated carbocycles. The van der Waals surface area contributed by atoms with E-state index in [9.17, 15) is 24.5 Å². The number of hydrogen-bond donors (Lipinski definition) is 5. The van der Waals surface area contributed by atoms with Gasteiger partial charge in [-0.05, 0) is 24.3 Å². The maximum Gasteiger partial charge on any atom is 0.317 e. The minimum Gasteiger partial charge on any atom is -0.491 e. The predicted octanol–water partition coefficient (Wildman–Crippen LogP) is 1.19. The summed E-state index contributed by atoms with van der Waals surface area (Å²) >= 11 is 0. The normalized spacial score (nSPS) is 15.4. The molecule has 1 rings (SSSR count). The summed E-state index contributed by atoms with van der Waals surface area (Å²) in [6.45, 7) is -0.297. The molecule has 0 aromatic heterocycles. The maximum atomic E-state index is 12.8. The first-order chi connectivity index (χ1) is 13.9. The predicted molar refractivity (Wildman–Crippen MR) is 107 cm³/mol. The summed E-state index contributed by atoms with van der Waals surface area (Å²) in [6.07, 6.45) is 9.75. The Bertz CT molecular complexity index is 714. The van der Waals surface area contributed by atoms with Gasteiger partial charge in [0.2, 0.25) is 0 Å². The van der Waals surface area contributed by atoms with Crippen molar-refractivity contribution < 1.29 is 34.3 Å². The number of nitrogens with one attached hydrogen (secondary N) is 1. The Balaban J connectivity index is 2.24. The summed E-state index contributed by atoms with van der Waals surface area (Å²) in [5, 5.41) is 40.1. The summed E-state index contributed by atoms with van der Waals surface area (Å²) in [5.41, 5.74) is 0. The van der Waals surface area contributed by atoms with Crippen molar-refractivity contribution in [2.24, 2.45) is 0 Å². The van der Waals surface area contributed by atoms with E-state index in [0.29, 0.717) is 5.75 Å². The molecule has 1 aromatic rings. The highest BCUT2D eigenvalue weighted by Crippen LogP contribution is 2.11. The molecule has 0 aliphatic rings. The molecule has 0 radical (unpaired) electrons. The Morgan fingerprint density at radius 2 is 1.59 bits per heavy atom. The molecule has 0 amide bonds. The molecule has 0 spiro atoms. The summed E-state index contributed by atoms with van der Waals surface area (Å²) in [5.74, 6) is -0.933. The van der Waals surface area contributed by atoms with Gasteiger partial charge in [0.15, 0.2) is 0 Å². The molecular weight excluding hydrogens is 381 g/mol.